The smallest absolute Gasteiger partial charge is 0.113 e. The third-order valence-corrected chi connectivity index (χ3v) is 2.01. The van der Waals surface area contributed by atoms with Crippen LogP contribution < -0.4 is 5.73 Å². The Kier molecular flexibility index (Phi) is 2.79. The third-order valence-electron chi connectivity index (χ3n) is 2.01. The van der Waals surface area contributed by atoms with Gasteiger partial charge in [-0.05, 0) is 5.57 Å². The molecule has 70 valence electrons. The second kappa shape index (κ2) is 3.49. The van der Waals surface area contributed by atoms with Crippen molar-refractivity contribution in [1.29, 1.82) is 0 Å². The second-order valence-corrected chi connectivity index (χ2v) is 2.88. The molecule has 0 radical (unpaired) electrons. The molecule has 4 nitrogen and oxygen atoms in total. The molecule has 5 N–H and O–H groups in total. The van der Waals surface area contributed by atoms with Crippen molar-refractivity contribution in [1.82, 2.24) is 0 Å². The summed E-state index contributed by atoms with van der Waals surface area (Å²) in [5, 5.41) is 27.4. The minimum absolute atomic E-state index is 0.0281. The van der Waals surface area contributed by atoms with Gasteiger partial charge in [0.1, 0.15) is 25.0 Å². The molecule has 12 heavy (non-hydrogen) atoms. The lowest BCUT2D eigenvalue weighted by atomic mass is 9.89. The number of hydrogen-bond donors (Lipinski definition) is 4. The molecule has 5 heteroatoms. The fraction of sp³-hybridized carbons (Fsp3) is 0.714. The molecule has 1 rings (SSSR count). The van der Waals surface area contributed by atoms with E-state index in [1.54, 1.807) is 0 Å². The van der Waals surface area contributed by atoms with E-state index in [4.69, 9.17) is 21.1 Å². The van der Waals surface area contributed by atoms with E-state index in [2.05, 4.69) is 0 Å². The quantitative estimate of drug-likeness (QED) is 0.360. The van der Waals surface area contributed by atoms with Crippen molar-refractivity contribution in [2.24, 2.45) is 5.73 Å². The first-order valence-corrected chi connectivity index (χ1v) is 3.64. The van der Waals surface area contributed by atoms with E-state index in [1.165, 1.54) is 6.08 Å². The SMILES string of the molecule is N[C@@H]1C=C(CF)[C@@H](O)[C@H](O)[C@H]1O. The van der Waals surface area contributed by atoms with Crippen LogP contribution in [0.5, 0.6) is 0 Å². The molecule has 0 saturated heterocycles. The third kappa shape index (κ3) is 1.49. The first-order valence-electron chi connectivity index (χ1n) is 3.64. The summed E-state index contributed by atoms with van der Waals surface area (Å²) in [6, 6.07) is -0.811. The highest BCUT2D eigenvalue weighted by Gasteiger charge is 2.35. The van der Waals surface area contributed by atoms with Crippen LogP contribution >= 0.6 is 0 Å². The number of hydrogen-bond acceptors (Lipinski definition) is 4. The summed E-state index contributed by atoms with van der Waals surface area (Å²) in [5.74, 6) is 0. The number of halogens is 1. The zero-order valence-corrected chi connectivity index (χ0v) is 6.39. The molecule has 0 bridgehead atoms. The summed E-state index contributed by atoms with van der Waals surface area (Å²) in [6.45, 7) is -0.862. The molecule has 1 aliphatic carbocycles. The van der Waals surface area contributed by atoms with E-state index in [0.29, 0.717) is 0 Å². The predicted molar refractivity (Wildman–Crippen MR) is 40.1 cm³/mol. The van der Waals surface area contributed by atoms with Crippen molar-refractivity contribution in [3.05, 3.63) is 11.6 Å². The summed E-state index contributed by atoms with van der Waals surface area (Å²) in [6.07, 6.45) is -2.72. The first kappa shape index (κ1) is 9.60. The Morgan fingerprint density at radius 2 is 1.92 bits per heavy atom. The Morgan fingerprint density at radius 1 is 1.33 bits per heavy atom. The van der Waals surface area contributed by atoms with Crippen LogP contribution in [0.25, 0.3) is 0 Å². The highest BCUT2D eigenvalue weighted by Crippen LogP contribution is 2.19. The van der Waals surface area contributed by atoms with Crippen LogP contribution in [0.15, 0.2) is 11.6 Å². The molecule has 4 atom stereocenters. The standard InChI is InChI=1S/C7H12FNO3/c8-2-3-1-4(9)6(11)7(12)5(3)10/h1,4-7,10-12H,2,9H2/t4-,5-,6+,7+/m1/s1. The molecule has 0 aromatic rings. The Morgan fingerprint density at radius 3 is 2.42 bits per heavy atom. The van der Waals surface area contributed by atoms with Crippen LogP contribution in [-0.2, 0) is 0 Å². The van der Waals surface area contributed by atoms with E-state index in [1.807, 2.05) is 0 Å². The number of aliphatic hydroxyl groups excluding tert-OH is 3. The molecule has 0 fully saturated rings. The maximum Gasteiger partial charge on any atom is 0.113 e. The topological polar surface area (TPSA) is 86.7 Å². The van der Waals surface area contributed by atoms with Gasteiger partial charge in [-0.25, -0.2) is 4.39 Å². The van der Waals surface area contributed by atoms with Gasteiger partial charge in [-0.1, -0.05) is 6.08 Å². The fourth-order valence-electron chi connectivity index (χ4n) is 1.20. The lowest BCUT2D eigenvalue weighted by molar-refractivity contribution is -0.0583. The average Bonchev–Trinajstić information content (AvgIpc) is 2.08. The minimum atomic E-state index is -1.39. The summed E-state index contributed by atoms with van der Waals surface area (Å²) in [7, 11) is 0. The van der Waals surface area contributed by atoms with Crippen molar-refractivity contribution in [3.8, 4) is 0 Å². The van der Waals surface area contributed by atoms with E-state index in [9.17, 15) is 4.39 Å². The van der Waals surface area contributed by atoms with Gasteiger partial charge >= 0.3 is 0 Å². The summed E-state index contributed by atoms with van der Waals surface area (Å²) >= 11 is 0. The summed E-state index contributed by atoms with van der Waals surface area (Å²) in [4.78, 5) is 0. The Hall–Kier alpha value is -0.490. The number of nitrogens with two attached hydrogens (primary N) is 1. The van der Waals surface area contributed by atoms with Gasteiger partial charge < -0.3 is 21.1 Å². The van der Waals surface area contributed by atoms with Crippen LogP contribution in [0, 0.1) is 0 Å². The van der Waals surface area contributed by atoms with Crippen molar-refractivity contribution in [2.75, 3.05) is 6.67 Å². The van der Waals surface area contributed by atoms with Gasteiger partial charge in [-0.3, -0.25) is 0 Å². The van der Waals surface area contributed by atoms with E-state index in [0.717, 1.165) is 0 Å². The van der Waals surface area contributed by atoms with Gasteiger partial charge in [0.25, 0.3) is 0 Å². The average molecular weight is 177 g/mol. The molecule has 0 saturated carbocycles. The summed E-state index contributed by atoms with van der Waals surface area (Å²) < 4.78 is 12.1. The van der Waals surface area contributed by atoms with E-state index < -0.39 is 31.0 Å². The second-order valence-electron chi connectivity index (χ2n) is 2.88. The maximum absolute atomic E-state index is 12.1. The maximum atomic E-state index is 12.1. The molecular formula is C7H12FNO3. The zero-order chi connectivity index (χ0) is 9.30. The Bertz CT molecular complexity index is 197. The normalized spacial score (nSPS) is 42.6. The van der Waals surface area contributed by atoms with Gasteiger partial charge in [0.15, 0.2) is 0 Å². The Labute approximate surface area is 69.1 Å². The van der Waals surface area contributed by atoms with Crippen molar-refractivity contribution in [3.63, 3.8) is 0 Å². The van der Waals surface area contributed by atoms with E-state index >= 15 is 0 Å². The lowest BCUT2D eigenvalue weighted by Gasteiger charge is -2.31. The van der Waals surface area contributed by atoms with Crippen LogP contribution in [0.1, 0.15) is 0 Å². The van der Waals surface area contributed by atoms with Gasteiger partial charge in [-0.15, -0.1) is 0 Å². The minimum Gasteiger partial charge on any atom is -0.388 e. The van der Waals surface area contributed by atoms with Gasteiger partial charge in [0, 0.05) is 0 Å². The largest absolute Gasteiger partial charge is 0.388 e. The van der Waals surface area contributed by atoms with Crippen LogP contribution in [0.2, 0.25) is 0 Å². The van der Waals surface area contributed by atoms with Crippen LogP contribution in [0.4, 0.5) is 4.39 Å². The van der Waals surface area contributed by atoms with Crippen LogP contribution in [0.3, 0.4) is 0 Å². The molecule has 1 aliphatic rings. The van der Waals surface area contributed by atoms with Crippen molar-refractivity contribution >= 4 is 0 Å². The monoisotopic (exact) mass is 177 g/mol. The fourth-order valence-corrected chi connectivity index (χ4v) is 1.20. The molecule has 0 aliphatic heterocycles. The number of aliphatic hydroxyl groups is 3. The molecule has 0 heterocycles. The zero-order valence-electron chi connectivity index (χ0n) is 6.39. The number of alkyl halides is 1. The lowest BCUT2D eigenvalue weighted by Crippen LogP contribution is -2.52. The molecule has 0 spiro atoms. The summed E-state index contributed by atoms with van der Waals surface area (Å²) in [5.41, 5.74) is 5.36. The van der Waals surface area contributed by atoms with Gasteiger partial charge in [-0.2, -0.15) is 0 Å². The highest BCUT2D eigenvalue weighted by atomic mass is 19.1. The van der Waals surface area contributed by atoms with Crippen molar-refractivity contribution < 1.29 is 19.7 Å². The van der Waals surface area contributed by atoms with Gasteiger partial charge in [0.2, 0.25) is 0 Å². The molecule has 0 aromatic heterocycles. The van der Waals surface area contributed by atoms with Gasteiger partial charge in [0.05, 0.1) is 6.04 Å². The van der Waals surface area contributed by atoms with Crippen LogP contribution in [-0.4, -0.2) is 46.3 Å². The number of rotatable bonds is 1. The predicted octanol–water partition coefficient (Wildman–Crippen LogP) is -1.69. The van der Waals surface area contributed by atoms with E-state index in [-0.39, 0.29) is 5.57 Å². The van der Waals surface area contributed by atoms with Crippen molar-refractivity contribution in [2.45, 2.75) is 24.4 Å². The first-order chi connectivity index (χ1) is 5.57. The highest BCUT2D eigenvalue weighted by molar-refractivity contribution is 5.20. The molecule has 0 amide bonds. The molecule has 0 unspecified atom stereocenters. The molecule has 0 aromatic carbocycles. The Balaban J connectivity index is 2.84. The molecular weight excluding hydrogens is 165 g/mol.